The van der Waals surface area contributed by atoms with Crippen molar-refractivity contribution in [3.63, 3.8) is 0 Å². The van der Waals surface area contributed by atoms with Gasteiger partial charge in [-0.3, -0.25) is 0 Å². The van der Waals surface area contributed by atoms with Crippen LogP contribution in [0.25, 0.3) is 0 Å². The van der Waals surface area contributed by atoms with Gasteiger partial charge in [0.2, 0.25) is 0 Å². The third-order valence-corrected chi connectivity index (χ3v) is 3.14. The quantitative estimate of drug-likeness (QED) is 0.380. The van der Waals surface area contributed by atoms with Crippen LogP contribution in [0.5, 0.6) is 0 Å². The van der Waals surface area contributed by atoms with Crippen LogP contribution >= 0.6 is 0 Å². The van der Waals surface area contributed by atoms with E-state index in [4.69, 9.17) is 9.84 Å². The predicted molar refractivity (Wildman–Crippen MR) is 56.9 cm³/mol. The first-order valence-electron chi connectivity index (χ1n) is 5.54. The second-order valence-corrected chi connectivity index (χ2v) is 4.10. The van der Waals surface area contributed by atoms with Crippen LogP contribution in [0, 0.1) is 0 Å². The van der Waals surface area contributed by atoms with E-state index in [0.717, 1.165) is 0 Å². The van der Waals surface area contributed by atoms with Crippen molar-refractivity contribution in [3.8, 4) is 0 Å². The van der Waals surface area contributed by atoms with Crippen molar-refractivity contribution >= 4 is 0 Å². The van der Waals surface area contributed by atoms with E-state index >= 15 is 0 Å². The van der Waals surface area contributed by atoms with Gasteiger partial charge in [0.05, 0.1) is 6.61 Å². The third kappa shape index (κ3) is 2.53. The van der Waals surface area contributed by atoms with E-state index in [0.29, 0.717) is 6.42 Å². The maximum Gasteiger partial charge on any atom is 0.111 e. The molecule has 1 rings (SSSR count). The lowest BCUT2D eigenvalue weighted by molar-refractivity contribution is -0.235. The normalized spacial score (nSPS) is 42.0. The summed E-state index contributed by atoms with van der Waals surface area (Å²) < 4.78 is 5.40. The van der Waals surface area contributed by atoms with Gasteiger partial charge in [-0.15, -0.1) is 0 Å². The minimum atomic E-state index is -1.29. The van der Waals surface area contributed by atoms with Crippen molar-refractivity contribution < 1.29 is 25.2 Å². The molecule has 0 bridgehead atoms. The zero-order chi connectivity index (χ0) is 12.3. The molecule has 1 saturated heterocycles. The van der Waals surface area contributed by atoms with Gasteiger partial charge in [-0.25, -0.2) is 0 Å². The molecule has 0 aromatic heterocycles. The topological polar surface area (TPSA) is 102 Å². The molecule has 6 heteroatoms. The number of hydrogen-bond acceptors (Lipinski definition) is 6. The standard InChI is InChI=1S/C10H21NO5/c1-3-5(11-2)10-9(15)8(14)7(13)6(4-12)16-10/h5-15H,3-4H2,1-2H3/t5?,6-,7-,8+,9-,10+/m1/s1. The van der Waals surface area contributed by atoms with Gasteiger partial charge in [0, 0.05) is 6.04 Å². The number of likely N-dealkylation sites (N-methyl/N-ethyl adjacent to an activating group) is 1. The molecule has 0 spiro atoms. The zero-order valence-electron chi connectivity index (χ0n) is 9.58. The van der Waals surface area contributed by atoms with Gasteiger partial charge in [-0.1, -0.05) is 6.92 Å². The van der Waals surface area contributed by atoms with Crippen LogP contribution in [-0.2, 0) is 4.74 Å². The molecule has 1 fully saturated rings. The Bertz CT molecular complexity index is 207. The Morgan fingerprint density at radius 3 is 2.25 bits per heavy atom. The Kier molecular flexibility index (Phi) is 5.10. The molecule has 96 valence electrons. The molecular weight excluding hydrogens is 214 g/mol. The highest BCUT2D eigenvalue weighted by Crippen LogP contribution is 2.24. The minimum absolute atomic E-state index is 0.133. The number of ether oxygens (including phenoxy) is 1. The summed E-state index contributed by atoms with van der Waals surface area (Å²) in [5.41, 5.74) is 0. The number of aliphatic hydroxyl groups excluding tert-OH is 4. The molecule has 1 heterocycles. The van der Waals surface area contributed by atoms with Crippen molar-refractivity contribution in [2.75, 3.05) is 13.7 Å². The molecule has 1 aliphatic heterocycles. The molecule has 0 saturated carbocycles. The van der Waals surface area contributed by atoms with Crippen LogP contribution in [-0.4, -0.2) is 70.6 Å². The summed E-state index contributed by atoms with van der Waals surface area (Å²) in [6.45, 7) is 1.53. The highest BCUT2D eigenvalue weighted by Gasteiger charge is 2.45. The molecule has 1 unspecified atom stereocenters. The summed E-state index contributed by atoms with van der Waals surface area (Å²) in [6, 6.07) is -0.133. The van der Waals surface area contributed by atoms with Crippen molar-refractivity contribution in [2.24, 2.45) is 0 Å². The molecule has 0 aliphatic carbocycles. The van der Waals surface area contributed by atoms with Crippen LogP contribution in [0.4, 0.5) is 0 Å². The fraction of sp³-hybridized carbons (Fsp3) is 1.00. The molecule has 6 atom stereocenters. The van der Waals surface area contributed by atoms with Crippen LogP contribution in [0.3, 0.4) is 0 Å². The van der Waals surface area contributed by atoms with Gasteiger partial charge in [0.1, 0.15) is 30.5 Å². The average molecular weight is 235 g/mol. The van der Waals surface area contributed by atoms with E-state index in [9.17, 15) is 15.3 Å². The van der Waals surface area contributed by atoms with Crippen molar-refractivity contribution in [1.82, 2.24) is 5.32 Å². The first-order valence-corrected chi connectivity index (χ1v) is 5.54. The second kappa shape index (κ2) is 5.90. The molecule has 0 aromatic rings. The van der Waals surface area contributed by atoms with Crippen LogP contribution < -0.4 is 5.32 Å². The summed E-state index contributed by atoms with van der Waals surface area (Å²) >= 11 is 0. The van der Waals surface area contributed by atoms with E-state index in [1.807, 2.05) is 6.92 Å². The molecule has 0 aromatic carbocycles. The number of nitrogens with one attached hydrogen (secondary N) is 1. The summed E-state index contributed by atoms with van der Waals surface area (Å²) in [4.78, 5) is 0. The van der Waals surface area contributed by atoms with Crippen molar-refractivity contribution in [3.05, 3.63) is 0 Å². The highest BCUT2D eigenvalue weighted by molar-refractivity contribution is 4.96. The molecule has 5 N–H and O–H groups in total. The Hall–Kier alpha value is -0.240. The molecule has 6 nitrogen and oxygen atoms in total. The highest BCUT2D eigenvalue weighted by atomic mass is 16.5. The minimum Gasteiger partial charge on any atom is -0.394 e. The molecule has 0 radical (unpaired) electrons. The number of rotatable bonds is 4. The Morgan fingerprint density at radius 2 is 1.81 bits per heavy atom. The first-order chi connectivity index (χ1) is 7.56. The van der Waals surface area contributed by atoms with Gasteiger partial charge in [0.15, 0.2) is 0 Å². The van der Waals surface area contributed by atoms with Crippen molar-refractivity contribution in [2.45, 2.75) is 49.9 Å². The lowest BCUT2D eigenvalue weighted by Crippen LogP contribution is -2.63. The van der Waals surface area contributed by atoms with Crippen LogP contribution in [0.15, 0.2) is 0 Å². The molecular formula is C10H21NO5. The Labute approximate surface area is 94.9 Å². The van der Waals surface area contributed by atoms with E-state index in [-0.39, 0.29) is 12.6 Å². The first kappa shape index (κ1) is 13.8. The van der Waals surface area contributed by atoms with Gasteiger partial charge in [0.25, 0.3) is 0 Å². The number of aliphatic hydroxyl groups is 4. The van der Waals surface area contributed by atoms with E-state index in [1.165, 1.54) is 0 Å². The van der Waals surface area contributed by atoms with Crippen molar-refractivity contribution in [1.29, 1.82) is 0 Å². The maximum absolute atomic E-state index is 9.80. The lowest BCUT2D eigenvalue weighted by Gasteiger charge is -2.42. The molecule has 0 amide bonds. The summed E-state index contributed by atoms with van der Waals surface area (Å²) in [5, 5.41) is 41.0. The van der Waals surface area contributed by atoms with Gasteiger partial charge >= 0.3 is 0 Å². The van der Waals surface area contributed by atoms with E-state index < -0.39 is 30.5 Å². The second-order valence-electron chi connectivity index (χ2n) is 4.10. The SMILES string of the molecule is CCC(NC)[C@@H]1O[C@H](CO)[C@@H](O)[C@H](O)[C@H]1O. The van der Waals surface area contributed by atoms with Gasteiger partial charge in [-0.2, -0.15) is 0 Å². The number of hydrogen-bond donors (Lipinski definition) is 5. The lowest BCUT2D eigenvalue weighted by atomic mass is 9.90. The van der Waals surface area contributed by atoms with E-state index in [1.54, 1.807) is 7.05 Å². The zero-order valence-corrected chi connectivity index (χ0v) is 9.58. The fourth-order valence-electron chi connectivity index (χ4n) is 2.06. The largest absolute Gasteiger partial charge is 0.394 e. The Morgan fingerprint density at radius 1 is 1.19 bits per heavy atom. The van der Waals surface area contributed by atoms with Crippen LogP contribution in [0.2, 0.25) is 0 Å². The summed E-state index contributed by atoms with van der Waals surface area (Å²) in [7, 11) is 1.73. The average Bonchev–Trinajstić information content (AvgIpc) is 2.30. The third-order valence-electron chi connectivity index (χ3n) is 3.14. The summed E-state index contributed by atoms with van der Waals surface area (Å²) in [5.74, 6) is 0. The van der Waals surface area contributed by atoms with E-state index in [2.05, 4.69) is 5.32 Å². The Balaban J connectivity index is 2.77. The smallest absolute Gasteiger partial charge is 0.111 e. The van der Waals surface area contributed by atoms with Gasteiger partial charge < -0.3 is 30.5 Å². The summed E-state index contributed by atoms with van der Waals surface area (Å²) in [6.07, 6.45) is -4.49. The fourth-order valence-corrected chi connectivity index (χ4v) is 2.06. The van der Waals surface area contributed by atoms with Gasteiger partial charge in [-0.05, 0) is 13.5 Å². The predicted octanol–water partition coefficient (Wildman–Crippen LogP) is -2.17. The van der Waals surface area contributed by atoms with Crippen LogP contribution in [0.1, 0.15) is 13.3 Å². The molecule has 1 aliphatic rings. The molecule has 16 heavy (non-hydrogen) atoms. The monoisotopic (exact) mass is 235 g/mol. The maximum atomic E-state index is 9.80.